The van der Waals surface area contributed by atoms with E-state index in [2.05, 4.69) is 16.9 Å². The number of hydrogen-bond donors (Lipinski definition) is 4. The van der Waals surface area contributed by atoms with E-state index >= 15 is 0 Å². The Bertz CT molecular complexity index is 804. The molecule has 0 unspecified atom stereocenters. The van der Waals surface area contributed by atoms with E-state index in [9.17, 15) is 9.59 Å². The van der Waals surface area contributed by atoms with Gasteiger partial charge in [0.25, 0.3) is 0 Å². The summed E-state index contributed by atoms with van der Waals surface area (Å²) in [5, 5.41) is 4.30. The molecule has 7 nitrogen and oxygen atoms in total. The highest BCUT2D eigenvalue weighted by Gasteiger charge is 2.30. The molecule has 0 aliphatic carbocycles. The van der Waals surface area contributed by atoms with Gasteiger partial charge in [0.2, 0.25) is 11.8 Å². The van der Waals surface area contributed by atoms with Gasteiger partial charge in [-0.3, -0.25) is 9.59 Å². The second-order valence-electron chi connectivity index (χ2n) is 6.05. The first-order valence-corrected chi connectivity index (χ1v) is 8.63. The summed E-state index contributed by atoms with van der Waals surface area (Å²) in [6.45, 7) is 3.91. The Morgan fingerprint density at radius 1 is 1.46 bits per heavy atom. The van der Waals surface area contributed by atoms with E-state index in [4.69, 9.17) is 23.1 Å². The molecule has 0 aliphatic heterocycles. The highest BCUT2D eigenvalue weighted by molar-refractivity contribution is 6.31. The quantitative estimate of drug-likeness (QED) is 0.508. The summed E-state index contributed by atoms with van der Waals surface area (Å²) in [4.78, 5) is 29.5. The molecule has 0 fully saturated rings. The number of aromatic nitrogens is 1. The van der Waals surface area contributed by atoms with Crippen LogP contribution in [0.3, 0.4) is 0 Å². The zero-order valence-electron chi connectivity index (χ0n) is 14.7. The number of benzene rings is 1. The lowest BCUT2D eigenvalue weighted by atomic mass is 10.0. The Kier molecular flexibility index (Phi) is 6.79. The van der Waals surface area contributed by atoms with Crippen LogP contribution in [0, 0.1) is 0 Å². The summed E-state index contributed by atoms with van der Waals surface area (Å²) in [6.07, 6.45) is 3.72. The molecular weight excluding hydrogens is 354 g/mol. The molecule has 2 aromatic rings. The Labute approximate surface area is 157 Å². The number of fused-ring (bicyclic) bond motifs is 1. The summed E-state index contributed by atoms with van der Waals surface area (Å²) in [5.41, 5.74) is 13.0. The third-order valence-corrected chi connectivity index (χ3v) is 4.49. The third kappa shape index (κ3) is 4.43. The van der Waals surface area contributed by atoms with Gasteiger partial charge >= 0.3 is 0 Å². The van der Waals surface area contributed by atoms with Crippen molar-refractivity contribution in [2.75, 3.05) is 20.1 Å². The predicted molar refractivity (Wildman–Crippen MR) is 104 cm³/mol. The smallest absolute Gasteiger partial charge is 0.243 e. The van der Waals surface area contributed by atoms with E-state index in [0.29, 0.717) is 18.0 Å². The number of rotatable bonds is 8. The Morgan fingerprint density at radius 2 is 2.19 bits per heavy atom. The average molecular weight is 378 g/mol. The second-order valence-corrected chi connectivity index (χ2v) is 6.49. The van der Waals surface area contributed by atoms with Crippen LogP contribution in [-0.4, -0.2) is 53.9 Å². The van der Waals surface area contributed by atoms with Crippen LogP contribution >= 0.6 is 11.6 Å². The van der Waals surface area contributed by atoms with Crippen molar-refractivity contribution in [2.45, 2.75) is 18.5 Å². The fourth-order valence-corrected chi connectivity index (χ4v) is 2.92. The zero-order chi connectivity index (χ0) is 19.3. The fourth-order valence-electron chi connectivity index (χ4n) is 2.75. The van der Waals surface area contributed by atoms with Crippen LogP contribution in [-0.2, 0) is 16.0 Å². The van der Waals surface area contributed by atoms with E-state index in [-0.39, 0.29) is 18.4 Å². The molecule has 1 aromatic carbocycles. The van der Waals surface area contributed by atoms with E-state index in [0.717, 1.165) is 16.5 Å². The van der Waals surface area contributed by atoms with Gasteiger partial charge in [0, 0.05) is 48.7 Å². The maximum Gasteiger partial charge on any atom is 0.243 e. The van der Waals surface area contributed by atoms with E-state index in [1.54, 1.807) is 19.2 Å². The van der Waals surface area contributed by atoms with Crippen LogP contribution in [0.4, 0.5) is 0 Å². The van der Waals surface area contributed by atoms with Crippen molar-refractivity contribution in [2.24, 2.45) is 11.5 Å². The van der Waals surface area contributed by atoms with Gasteiger partial charge in [0.15, 0.2) is 0 Å². The molecular formula is C18H24ClN5O2. The molecule has 0 saturated carbocycles. The highest BCUT2D eigenvalue weighted by atomic mass is 35.5. The number of nitrogens with one attached hydrogen (secondary N) is 2. The molecule has 0 bridgehead atoms. The average Bonchev–Trinajstić information content (AvgIpc) is 3.03. The lowest BCUT2D eigenvalue weighted by Gasteiger charge is -2.29. The van der Waals surface area contributed by atoms with Crippen LogP contribution < -0.4 is 16.8 Å². The number of carbonyl (C=O) groups excluding carboxylic acids is 2. The van der Waals surface area contributed by atoms with Crippen molar-refractivity contribution in [3.8, 4) is 0 Å². The number of nitrogens with zero attached hydrogens (tertiary/aromatic N) is 1. The van der Waals surface area contributed by atoms with Crippen molar-refractivity contribution in [1.29, 1.82) is 0 Å². The van der Waals surface area contributed by atoms with Gasteiger partial charge in [-0.2, -0.15) is 0 Å². The summed E-state index contributed by atoms with van der Waals surface area (Å²) in [5.74, 6) is -0.664. The molecule has 2 atom stereocenters. The molecule has 0 saturated heterocycles. The Morgan fingerprint density at radius 3 is 2.85 bits per heavy atom. The number of carbonyl (C=O) groups is 2. The lowest BCUT2D eigenvalue weighted by Crippen LogP contribution is -2.54. The van der Waals surface area contributed by atoms with Crippen LogP contribution in [0.5, 0.6) is 0 Å². The van der Waals surface area contributed by atoms with Gasteiger partial charge in [-0.25, -0.2) is 0 Å². The van der Waals surface area contributed by atoms with Crippen LogP contribution in [0.25, 0.3) is 10.9 Å². The number of amides is 2. The minimum atomic E-state index is -0.850. The SMILES string of the molecule is C=CCNC(=O)[C@H](Cc1c[nH]c2cc(Cl)ccc12)N(C)C(=O)[C@@H](N)CN. The fraction of sp³-hybridized carbons (Fsp3) is 0.333. The normalized spacial score (nSPS) is 13.2. The maximum atomic E-state index is 12.6. The number of halogens is 1. The minimum absolute atomic E-state index is 0.00968. The van der Waals surface area contributed by atoms with Crippen LogP contribution in [0.15, 0.2) is 37.1 Å². The molecule has 0 spiro atoms. The van der Waals surface area contributed by atoms with Gasteiger partial charge in [0.05, 0.1) is 6.04 Å². The molecule has 140 valence electrons. The maximum absolute atomic E-state index is 12.6. The largest absolute Gasteiger partial charge is 0.361 e. The van der Waals surface area contributed by atoms with Gasteiger partial charge in [0.1, 0.15) is 6.04 Å². The van der Waals surface area contributed by atoms with Crippen LogP contribution in [0.1, 0.15) is 5.56 Å². The van der Waals surface area contributed by atoms with Crippen molar-refractivity contribution >= 4 is 34.3 Å². The van der Waals surface area contributed by atoms with E-state index < -0.39 is 12.1 Å². The monoisotopic (exact) mass is 377 g/mol. The molecule has 0 radical (unpaired) electrons. The molecule has 0 aliphatic rings. The minimum Gasteiger partial charge on any atom is -0.361 e. The number of likely N-dealkylation sites (N-methyl/N-ethyl adjacent to an activating group) is 1. The molecule has 26 heavy (non-hydrogen) atoms. The van der Waals surface area contributed by atoms with Crippen LogP contribution in [0.2, 0.25) is 5.02 Å². The first kappa shape index (κ1) is 20.0. The van der Waals surface area contributed by atoms with E-state index in [1.807, 2.05) is 18.3 Å². The Balaban J connectivity index is 2.31. The molecule has 1 aromatic heterocycles. The number of H-pyrrole nitrogens is 1. The van der Waals surface area contributed by atoms with Gasteiger partial charge < -0.3 is 26.7 Å². The lowest BCUT2D eigenvalue weighted by molar-refractivity contribution is -0.139. The second kappa shape index (κ2) is 8.84. The molecule has 6 N–H and O–H groups in total. The molecule has 1 heterocycles. The zero-order valence-corrected chi connectivity index (χ0v) is 15.4. The van der Waals surface area contributed by atoms with Crippen molar-refractivity contribution in [3.63, 3.8) is 0 Å². The van der Waals surface area contributed by atoms with Crippen molar-refractivity contribution in [1.82, 2.24) is 15.2 Å². The summed E-state index contributed by atoms with van der Waals surface area (Å²) in [7, 11) is 1.56. The highest BCUT2D eigenvalue weighted by Crippen LogP contribution is 2.24. The van der Waals surface area contributed by atoms with Gasteiger partial charge in [-0.15, -0.1) is 6.58 Å². The number of aromatic amines is 1. The topological polar surface area (TPSA) is 117 Å². The predicted octanol–water partition coefficient (Wildman–Crippen LogP) is 0.779. The van der Waals surface area contributed by atoms with Crippen molar-refractivity contribution in [3.05, 3.63) is 47.6 Å². The van der Waals surface area contributed by atoms with Gasteiger partial charge in [-0.05, 0) is 17.7 Å². The first-order chi connectivity index (χ1) is 12.4. The van der Waals surface area contributed by atoms with Crippen molar-refractivity contribution < 1.29 is 9.59 Å². The molecule has 2 amide bonds. The van der Waals surface area contributed by atoms with Gasteiger partial charge in [-0.1, -0.05) is 23.7 Å². The molecule has 2 rings (SSSR count). The standard InChI is InChI=1S/C18H24ClN5O2/c1-3-6-22-17(25)16(24(2)18(26)14(21)9-20)7-11-10-23-15-8-12(19)4-5-13(11)15/h3-5,8,10,14,16,23H,1,6-7,9,20-21H2,2H3,(H,22,25)/t14-,16-/m0/s1. The summed E-state index contributed by atoms with van der Waals surface area (Å²) >= 11 is 6.01. The third-order valence-electron chi connectivity index (χ3n) is 4.25. The Hall–Kier alpha value is -2.35. The number of hydrogen-bond acceptors (Lipinski definition) is 4. The summed E-state index contributed by atoms with van der Waals surface area (Å²) in [6, 6.07) is 3.90. The first-order valence-electron chi connectivity index (χ1n) is 8.25. The van der Waals surface area contributed by atoms with E-state index in [1.165, 1.54) is 4.90 Å². The molecule has 8 heteroatoms. The number of nitrogens with two attached hydrogens (primary N) is 2. The summed E-state index contributed by atoms with van der Waals surface area (Å²) < 4.78 is 0.